The number of rotatable bonds is 4. The summed E-state index contributed by atoms with van der Waals surface area (Å²) < 4.78 is 0. The SMILES string of the molecule is CSC1CCC(Nc2cc(N)cc([N+](=O)[O-])c2)CC1. The van der Waals surface area contributed by atoms with Crippen molar-refractivity contribution >= 4 is 28.8 Å². The number of nitrogen functional groups attached to an aromatic ring is 1. The van der Waals surface area contributed by atoms with Gasteiger partial charge in [0.15, 0.2) is 0 Å². The highest BCUT2D eigenvalue weighted by Gasteiger charge is 2.20. The average molecular weight is 281 g/mol. The molecule has 104 valence electrons. The van der Waals surface area contributed by atoms with Gasteiger partial charge in [0.05, 0.1) is 4.92 Å². The van der Waals surface area contributed by atoms with E-state index in [0.29, 0.717) is 11.7 Å². The Morgan fingerprint density at radius 2 is 2.00 bits per heavy atom. The molecule has 0 atom stereocenters. The fraction of sp³-hybridized carbons (Fsp3) is 0.538. The molecule has 1 aromatic rings. The Bertz CT molecular complexity index is 459. The van der Waals surface area contributed by atoms with Crippen molar-refractivity contribution in [3.8, 4) is 0 Å². The van der Waals surface area contributed by atoms with Gasteiger partial charge in [0.2, 0.25) is 0 Å². The lowest BCUT2D eigenvalue weighted by atomic mass is 9.95. The number of non-ortho nitro benzene ring substituents is 1. The molecule has 0 spiro atoms. The number of nitrogens with one attached hydrogen (secondary N) is 1. The minimum Gasteiger partial charge on any atom is -0.398 e. The van der Waals surface area contributed by atoms with Crippen LogP contribution in [0.3, 0.4) is 0 Å². The normalized spacial score (nSPS) is 23.0. The Balaban J connectivity index is 2.01. The van der Waals surface area contributed by atoms with Gasteiger partial charge in [0, 0.05) is 34.8 Å². The van der Waals surface area contributed by atoms with Gasteiger partial charge < -0.3 is 11.1 Å². The zero-order valence-electron chi connectivity index (χ0n) is 11.0. The van der Waals surface area contributed by atoms with E-state index in [1.165, 1.54) is 18.9 Å². The molecule has 0 unspecified atom stereocenters. The summed E-state index contributed by atoms with van der Waals surface area (Å²) >= 11 is 1.93. The summed E-state index contributed by atoms with van der Waals surface area (Å²) in [5.41, 5.74) is 6.91. The zero-order valence-corrected chi connectivity index (χ0v) is 11.8. The van der Waals surface area contributed by atoms with E-state index < -0.39 is 4.92 Å². The summed E-state index contributed by atoms with van der Waals surface area (Å²) in [5, 5.41) is 14.9. The van der Waals surface area contributed by atoms with E-state index in [1.807, 2.05) is 11.8 Å². The first-order chi connectivity index (χ1) is 9.08. The van der Waals surface area contributed by atoms with Crippen LogP contribution in [0.5, 0.6) is 0 Å². The van der Waals surface area contributed by atoms with Crippen LogP contribution in [0.1, 0.15) is 25.7 Å². The summed E-state index contributed by atoms with van der Waals surface area (Å²) in [6.45, 7) is 0. The highest BCUT2D eigenvalue weighted by Crippen LogP contribution is 2.30. The summed E-state index contributed by atoms with van der Waals surface area (Å²) in [5.74, 6) is 0. The van der Waals surface area contributed by atoms with Crippen LogP contribution in [0.25, 0.3) is 0 Å². The highest BCUT2D eigenvalue weighted by atomic mass is 32.2. The number of benzene rings is 1. The quantitative estimate of drug-likeness (QED) is 0.503. The molecule has 0 aromatic heterocycles. The first-order valence-corrected chi connectivity index (χ1v) is 7.71. The molecule has 1 aliphatic rings. The lowest BCUT2D eigenvalue weighted by molar-refractivity contribution is -0.384. The Hall–Kier alpha value is -1.43. The molecule has 0 bridgehead atoms. The molecule has 0 radical (unpaired) electrons. The van der Waals surface area contributed by atoms with Crippen molar-refractivity contribution in [2.75, 3.05) is 17.3 Å². The minimum atomic E-state index is -0.411. The fourth-order valence-electron chi connectivity index (χ4n) is 2.50. The predicted octanol–water partition coefficient (Wildman–Crippen LogP) is 3.26. The van der Waals surface area contributed by atoms with E-state index in [2.05, 4.69) is 11.6 Å². The third-order valence-electron chi connectivity index (χ3n) is 3.53. The van der Waals surface area contributed by atoms with Crippen LogP contribution in [-0.4, -0.2) is 22.5 Å². The molecule has 1 aromatic carbocycles. The third-order valence-corrected chi connectivity index (χ3v) is 4.67. The van der Waals surface area contributed by atoms with E-state index >= 15 is 0 Å². The van der Waals surface area contributed by atoms with Gasteiger partial charge in [-0.05, 0) is 38.0 Å². The standard InChI is InChI=1S/C13H19N3O2S/c1-19-13-4-2-10(3-5-13)15-11-6-9(14)7-12(8-11)16(17)18/h6-8,10,13,15H,2-5,14H2,1H3. The summed E-state index contributed by atoms with van der Waals surface area (Å²) in [7, 11) is 0. The van der Waals surface area contributed by atoms with Crippen molar-refractivity contribution in [3.63, 3.8) is 0 Å². The molecule has 0 aliphatic heterocycles. The highest BCUT2D eigenvalue weighted by molar-refractivity contribution is 7.99. The molecule has 0 amide bonds. The number of nitro groups is 1. The zero-order chi connectivity index (χ0) is 13.8. The smallest absolute Gasteiger partial charge is 0.273 e. The van der Waals surface area contributed by atoms with Gasteiger partial charge in [-0.2, -0.15) is 11.8 Å². The van der Waals surface area contributed by atoms with E-state index in [4.69, 9.17) is 5.73 Å². The van der Waals surface area contributed by atoms with Crippen LogP contribution in [0.2, 0.25) is 0 Å². The number of anilines is 2. The average Bonchev–Trinajstić information content (AvgIpc) is 2.39. The van der Waals surface area contributed by atoms with Gasteiger partial charge in [-0.1, -0.05) is 0 Å². The molecule has 0 heterocycles. The van der Waals surface area contributed by atoms with E-state index in [-0.39, 0.29) is 5.69 Å². The van der Waals surface area contributed by atoms with Crippen LogP contribution in [0.15, 0.2) is 18.2 Å². The maximum Gasteiger partial charge on any atom is 0.273 e. The predicted molar refractivity (Wildman–Crippen MR) is 80.7 cm³/mol. The molecule has 1 fully saturated rings. The molecule has 6 heteroatoms. The molecular formula is C13H19N3O2S. The molecule has 3 N–H and O–H groups in total. The maximum atomic E-state index is 10.8. The van der Waals surface area contributed by atoms with Gasteiger partial charge in [-0.15, -0.1) is 0 Å². The van der Waals surface area contributed by atoms with E-state index in [1.54, 1.807) is 12.1 Å². The molecule has 2 rings (SSSR count). The Kier molecular flexibility index (Phi) is 4.52. The Labute approximate surface area is 117 Å². The minimum absolute atomic E-state index is 0.0419. The van der Waals surface area contributed by atoms with Crippen molar-refractivity contribution in [3.05, 3.63) is 28.3 Å². The Morgan fingerprint density at radius 3 is 2.58 bits per heavy atom. The fourth-order valence-corrected chi connectivity index (χ4v) is 3.25. The summed E-state index contributed by atoms with van der Waals surface area (Å²) in [6.07, 6.45) is 6.76. The largest absolute Gasteiger partial charge is 0.398 e. The molecule has 0 saturated heterocycles. The number of nitrogens with zero attached hydrogens (tertiary/aromatic N) is 1. The van der Waals surface area contributed by atoms with Gasteiger partial charge in [-0.25, -0.2) is 0 Å². The van der Waals surface area contributed by atoms with Crippen LogP contribution in [-0.2, 0) is 0 Å². The topological polar surface area (TPSA) is 81.2 Å². The molecule has 5 nitrogen and oxygen atoms in total. The van der Waals surface area contributed by atoms with Crippen LogP contribution < -0.4 is 11.1 Å². The van der Waals surface area contributed by atoms with Gasteiger partial charge >= 0.3 is 0 Å². The van der Waals surface area contributed by atoms with Crippen LogP contribution >= 0.6 is 11.8 Å². The number of nitro benzene ring substituents is 1. The van der Waals surface area contributed by atoms with Crippen molar-refractivity contribution in [2.45, 2.75) is 37.0 Å². The second kappa shape index (κ2) is 6.14. The van der Waals surface area contributed by atoms with Gasteiger partial charge in [0.25, 0.3) is 5.69 Å². The molecular weight excluding hydrogens is 262 g/mol. The number of thioether (sulfide) groups is 1. The third kappa shape index (κ3) is 3.76. The van der Waals surface area contributed by atoms with E-state index in [9.17, 15) is 10.1 Å². The lowest BCUT2D eigenvalue weighted by Crippen LogP contribution is -2.27. The lowest BCUT2D eigenvalue weighted by Gasteiger charge is -2.28. The van der Waals surface area contributed by atoms with Crippen LogP contribution in [0, 0.1) is 10.1 Å². The van der Waals surface area contributed by atoms with Gasteiger partial charge in [-0.3, -0.25) is 10.1 Å². The first-order valence-electron chi connectivity index (χ1n) is 6.43. The Morgan fingerprint density at radius 1 is 1.32 bits per heavy atom. The van der Waals surface area contributed by atoms with Crippen LogP contribution in [0.4, 0.5) is 17.1 Å². The molecule has 19 heavy (non-hydrogen) atoms. The van der Waals surface area contributed by atoms with Crippen molar-refractivity contribution in [2.24, 2.45) is 0 Å². The maximum absolute atomic E-state index is 10.8. The molecule has 1 aliphatic carbocycles. The summed E-state index contributed by atoms with van der Waals surface area (Å²) in [6, 6.07) is 5.09. The van der Waals surface area contributed by atoms with Gasteiger partial charge in [0.1, 0.15) is 0 Å². The monoisotopic (exact) mass is 281 g/mol. The number of hydrogen-bond donors (Lipinski definition) is 2. The van der Waals surface area contributed by atoms with Crippen molar-refractivity contribution in [1.82, 2.24) is 0 Å². The van der Waals surface area contributed by atoms with Crippen molar-refractivity contribution < 1.29 is 4.92 Å². The number of nitrogens with two attached hydrogens (primary N) is 1. The second-order valence-corrected chi connectivity index (χ2v) is 6.06. The van der Waals surface area contributed by atoms with E-state index in [0.717, 1.165) is 23.8 Å². The van der Waals surface area contributed by atoms with Crippen molar-refractivity contribution in [1.29, 1.82) is 0 Å². The summed E-state index contributed by atoms with van der Waals surface area (Å²) in [4.78, 5) is 10.4. The second-order valence-electron chi connectivity index (χ2n) is 4.92. The molecule has 1 saturated carbocycles. The number of hydrogen-bond acceptors (Lipinski definition) is 5. The first kappa shape index (κ1) is 14.0.